The smallest absolute Gasteiger partial charge is 0.215 e. The third-order valence-electron chi connectivity index (χ3n) is 3.79. The molecule has 0 aliphatic heterocycles. The van der Waals surface area contributed by atoms with Gasteiger partial charge in [0.15, 0.2) is 5.65 Å². The highest BCUT2D eigenvalue weighted by Crippen LogP contribution is 2.24. The van der Waals surface area contributed by atoms with Crippen LogP contribution in [0, 0.1) is 6.92 Å². The van der Waals surface area contributed by atoms with Gasteiger partial charge in [0.05, 0.1) is 37.4 Å². The number of imidazole rings is 1. The van der Waals surface area contributed by atoms with E-state index in [1.165, 1.54) is 0 Å². The van der Waals surface area contributed by atoms with Crippen molar-refractivity contribution in [1.29, 1.82) is 0 Å². The second-order valence-corrected chi connectivity index (χ2v) is 5.42. The summed E-state index contributed by atoms with van der Waals surface area (Å²) in [7, 11) is 1.60. The highest BCUT2D eigenvalue weighted by molar-refractivity contribution is 6.00. The van der Waals surface area contributed by atoms with Gasteiger partial charge in [0.1, 0.15) is 5.52 Å². The van der Waals surface area contributed by atoms with Crippen molar-refractivity contribution >= 4 is 22.1 Å². The summed E-state index contributed by atoms with van der Waals surface area (Å²) in [5.41, 5.74) is 4.64. The van der Waals surface area contributed by atoms with Gasteiger partial charge in [-0.2, -0.15) is 4.98 Å². The van der Waals surface area contributed by atoms with Crippen molar-refractivity contribution in [2.45, 2.75) is 13.5 Å². The molecule has 0 atom stereocenters. The molecule has 0 bridgehead atoms. The first-order valence-electron chi connectivity index (χ1n) is 7.31. The zero-order chi connectivity index (χ0) is 15.8. The van der Waals surface area contributed by atoms with Gasteiger partial charge in [-0.25, -0.2) is 9.97 Å². The van der Waals surface area contributed by atoms with E-state index in [2.05, 4.69) is 30.6 Å². The number of fused-ring (bicyclic) bond motifs is 3. The molecule has 0 fully saturated rings. The maximum atomic E-state index is 5.17. The van der Waals surface area contributed by atoms with E-state index < -0.39 is 0 Å². The zero-order valence-corrected chi connectivity index (χ0v) is 12.9. The van der Waals surface area contributed by atoms with Crippen LogP contribution in [0.2, 0.25) is 0 Å². The van der Waals surface area contributed by atoms with Crippen LogP contribution in [-0.4, -0.2) is 31.6 Å². The van der Waals surface area contributed by atoms with Gasteiger partial charge in [-0.15, -0.1) is 0 Å². The van der Waals surface area contributed by atoms with E-state index in [4.69, 9.17) is 4.74 Å². The van der Waals surface area contributed by atoms with Crippen molar-refractivity contribution in [3.8, 4) is 5.88 Å². The first-order chi connectivity index (χ1) is 11.2. The van der Waals surface area contributed by atoms with Crippen molar-refractivity contribution in [3.63, 3.8) is 0 Å². The quantitative estimate of drug-likeness (QED) is 0.582. The molecule has 0 spiro atoms. The summed E-state index contributed by atoms with van der Waals surface area (Å²) in [4.78, 5) is 17.7. The predicted molar refractivity (Wildman–Crippen MR) is 87.5 cm³/mol. The fourth-order valence-electron chi connectivity index (χ4n) is 2.62. The van der Waals surface area contributed by atoms with E-state index in [9.17, 15) is 0 Å². The van der Waals surface area contributed by atoms with E-state index >= 15 is 0 Å². The van der Waals surface area contributed by atoms with Crippen molar-refractivity contribution in [3.05, 3.63) is 54.2 Å². The van der Waals surface area contributed by atoms with Crippen LogP contribution in [0.25, 0.3) is 22.1 Å². The second kappa shape index (κ2) is 5.31. The first kappa shape index (κ1) is 13.6. The number of pyridine rings is 3. The van der Waals surface area contributed by atoms with Crippen LogP contribution in [0.3, 0.4) is 0 Å². The third kappa shape index (κ3) is 2.38. The molecule has 0 N–H and O–H groups in total. The number of hydrogen-bond donors (Lipinski definition) is 0. The summed E-state index contributed by atoms with van der Waals surface area (Å²) in [5.74, 6) is 0.551. The molecule has 0 unspecified atom stereocenters. The normalized spacial score (nSPS) is 11.2. The van der Waals surface area contributed by atoms with E-state index in [-0.39, 0.29) is 0 Å². The van der Waals surface area contributed by atoms with Crippen LogP contribution in [0.5, 0.6) is 5.88 Å². The highest BCUT2D eigenvalue weighted by Gasteiger charge is 2.11. The largest absolute Gasteiger partial charge is 0.481 e. The molecular formula is C17H15N5O. The average Bonchev–Trinajstić information content (AvgIpc) is 2.99. The van der Waals surface area contributed by atoms with E-state index in [0.717, 1.165) is 27.7 Å². The molecule has 23 heavy (non-hydrogen) atoms. The lowest BCUT2D eigenvalue weighted by Crippen LogP contribution is -2.01. The van der Waals surface area contributed by atoms with Gasteiger partial charge >= 0.3 is 0 Å². The van der Waals surface area contributed by atoms with Gasteiger partial charge < -0.3 is 9.30 Å². The lowest BCUT2D eigenvalue weighted by Gasteiger charge is -2.07. The number of ether oxygens (including phenoxy) is 1. The predicted octanol–water partition coefficient (Wildman–Crippen LogP) is 2.74. The number of methoxy groups -OCH3 is 1. The third-order valence-corrected chi connectivity index (χ3v) is 3.79. The minimum Gasteiger partial charge on any atom is -0.481 e. The molecular weight excluding hydrogens is 290 g/mol. The number of nitrogens with zero attached hydrogens (tertiary/aromatic N) is 5. The lowest BCUT2D eigenvalue weighted by molar-refractivity contribution is 0.399. The van der Waals surface area contributed by atoms with Crippen molar-refractivity contribution in [2.24, 2.45) is 0 Å². The second-order valence-electron chi connectivity index (χ2n) is 5.42. The summed E-state index contributed by atoms with van der Waals surface area (Å²) in [6.45, 7) is 2.68. The molecule has 4 rings (SSSR count). The Kier molecular flexibility index (Phi) is 3.15. The van der Waals surface area contributed by atoms with Crippen LogP contribution in [0.4, 0.5) is 0 Å². The van der Waals surface area contributed by atoms with Crippen LogP contribution in [0.15, 0.2) is 43.0 Å². The molecule has 6 nitrogen and oxygen atoms in total. The van der Waals surface area contributed by atoms with Crippen molar-refractivity contribution in [1.82, 2.24) is 24.5 Å². The molecule has 0 aromatic carbocycles. The Morgan fingerprint density at radius 2 is 1.96 bits per heavy atom. The molecule has 0 aliphatic rings. The molecule has 6 heteroatoms. The maximum Gasteiger partial charge on any atom is 0.215 e. The van der Waals surface area contributed by atoms with Gasteiger partial charge in [-0.3, -0.25) is 4.98 Å². The zero-order valence-electron chi connectivity index (χ0n) is 12.9. The Morgan fingerprint density at radius 1 is 1.04 bits per heavy atom. The van der Waals surface area contributed by atoms with Gasteiger partial charge in [-0.05, 0) is 24.6 Å². The van der Waals surface area contributed by atoms with Gasteiger partial charge in [0.2, 0.25) is 5.88 Å². The molecule has 114 valence electrons. The number of aromatic nitrogens is 5. The van der Waals surface area contributed by atoms with Crippen LogP contribution < -0.4 is 4.74 Å². The Hall–Kier alpha value is -3.02. The Bertz CT molecular complexity index is 991. The summed E-state index contributed by atoms with van der Waals surface area (Å²) in [6.07, 6.45) is 5.43. The minimum atomic E-state index is 0.551. The maximum absolute atomic E-state index is 5.17. The standard InChI is InChI=1S/C17H15N5O/c1-11-3-4-12(18-7-11)9-22-10-20-14-8-19-17-13(16(14)22)5-6-15(21-17)23-2/h3-8,10H,9H2,1-2H3. The van der Waals surface area contributed by atoms with Crippen LogP contribution in [0.1, 0.15) is 11.3 Å². The average molecular weight is 305 g/mol. The Balaban J connectivity index is 1.86. The highest BCUT2D eigenvalue weighted by atomic mass is 16.5. The summed E-state index contributed by atoms with van der Waals surface area (Å²) < 4.78 is 7.24. The topological polar surface area (TPSA) is 65.7 Å². The monoisotopic (exact) mass is 305 g/mol. The molecule has 0 amide bonds. The van der Waals surface area contributed by atoms with Gasteiger partial charge in [-0.1, -0.05) is 6.07 Å². The molecule has 4 aromatic heterocycles. The summed E-state index contributed by atoms with van der Waals surface area (Å²) in [5, 5.41) is 0.952. The Morgan fingerprint density at radius 3 is 2.74 bits per heavy atom. The molecule has 0 aliphatic carbocycles. The van der Waals surface area contributed by atoms with Crippen molar-refractivity contribution in [2.75, 3.05) is 7.11 Å². The summed E-state index contributed by atoms with van der Waals surface area (Å²) >= 11 is 0. The fourth-order valence-corrected chi connectivity index (χ4v) is 2.62. The van der Waals surface area contributed by atoms with Gasteiger partial charge in [0.25, 0.3) is 0 Å². The molecule has 0 radical (unpaired) electrons. The van der Waals surface area contributed by atoms with E-state index in [1.54, 1.807) is 13.3 Å². The van der Waals surface area contributed by atoms with Crippen LogP contribution >= 0.6 is 0 Å². The number of rotatable bonds is 3. The molecule has 4 aromatic rings. The first-order valence-corrected chi connectivity index (χ1v) is 7.31. The van der Waals surface area contributed by atoms with Crippen LogP contribution in [-0.2, 0) is 6.54 Å². The van der Waals surface area contributed by atoms with E-state index in [0.29, 0.717) is 18.1 Å². The number of aryl methyl sites for hydroxylation is 1. The van der Waals surface area contributed by atoms with E-state index in [1.807, 2.05) is 37.6 Å². The molecule has 0 saturated carbocycles. The SMILES string of the molecule is COc1ccc2c(ncc3ncn(Cc4ccc(C)cn4)c32)n1. The lowest BCUT2D eigenvalue weighted by atomic mass is 10.2. The fraction of sp³-hybridized carbons (Fsp3) is 0.176. The Labute approximate surface area is 132 Å². The van der Waals surface area contributed by atoms with Crippen molar-refractivity contribution < 1.29 is 4.74 Å². The molecule has 4 heterocycles. The molecule has 0 saturated heterocycles. The minimum absolute atomic E-state index is 0.551. The summed E-state index contributed by atoms with van der Waals surface area (Å²) in [6, 6.07) is 7.90. The number of hydrogen-bond acceptors (Lipinski definition) is 5. The van der Waals surface area contributed by atoms with Gasteiger partial charge in [0, 0.05) is 17.6 Å².